The number of piperazine rings is 1. The quantitative estimate of drug-likeness (QED) is 0.668. The summed E-state index contributed by atoms with van der Waals surface area (Å²) in [5, 5.41) is 10.2. The number of fused-ring (bicyclic) bond motifs is 1. The molecule has 5 rings (SSSR count). The van der Waals surface area contributed by atoms with Crippen molar-refractivity contribution in [2.75, 3.05) is 31.1 Å². The van der Waals surface area contributed by atoms with Gasteiger partial charge in [0.05, 0.1) is 28.3 Å². The van der Waals surface area contributed by atoms with E-state index in [2.05, 4.69) is 16.0 Å². The summed E-state index contributed by atoms with van der Waals surface area (Å²) in [5.41, 5.74) is 1.37. The van der Waals surface area contributed by atoms with Crippen LogP contribution in [0.2, 0.25) is 0 Å². The molecule has 2 saturated heterocycles. The highest BCUT2D eigenvalue weighted by Crippen LogP contribution is 2.38. The standard InChI is InChI=1S/C27H32FN5O2/c1-17-14-32(25(34)19-4-5-19)15-18(2)33(17)26(35)22-13-30-23-7-6-20(28)12-21(23)24(22)31-10-8-27(3,16-29)9-11-31/h6-7,12-13,17-19H,4-5,8-11,14-15H2,1-3H3. The number of pyridine rings is 1. The SMILES string of the molecule is CC1CN(C(=O)C2CC2)CC(C)N1C(=O)c1cnc2ccc(F)cc2c1N1CCC(C)(C#N)CC1. The maximum Gasteiger partial charge on any atom is 0.258 e. The number of aromatic nitrogens is 1. The molecule has 0 radical (unpaired) electrons. The third-order valence-electron chi connectivity index (χ3n) is 7.88. The number of piperidine rings is 1. The molecule has 0 N–H and O–H groups in total. The molecule has 1 aromatic carbocycles. The van der Waals surface area contributed by atoms with Crippen LogP contribution in [0.25, 0.3) is 10.9 Å². The second-order valence-corrected chi connectivity index (χ2v) is 10.8. The zero-order valence-electron chi connectivity index (χ0n) is 20.6. The summed E-state index contributed by atoms with van der Waals surface area (Å²) >= 11 is 0. The number of hydrogen-bond donors (Lipinski definition) is 0. The lowest BCUT2D eigenvalue weighted by Gasteiger charge is -2.45. The maximum absolute atomic E-state index is 14.3. The Hall–Kier alpha value is -3.21. The number of nitriles is 1. The number of halogens is 1. The van der Waals surface area contributed by atoms with E-state index in [4.69, 9.17) is 0 Å². The number of rotatable bonds is 3. The molecule has 7 nitrogen and oxygen atoms in total. The van der Waals surface area contributed by atoms with Gasteiger partial charge in [-0.15, -0.1) is 0 Å². The number of carbonyl (C=O) groups is 2. The van der Waals surface area contributed by atoms with E-state index in [1.54, 1.807) is 12.3 Å². The van der Waals surface area contributed by atoms with Crippen LogP contribution < -0.4 is 4.90 Å². The molecule has 1 aliphatic carbocycles. The van der Waals surface area contributed by atoms with Gasteiger partial charge in [0.2, 0.25) is 5.91 Å². The van der Waals surface area contributed by atoms with Crippen molar-refractivity contribution in [3.05, 3.63) is 35.8 Å². The second kappa shape index (κ2) is 8.78. The smallest absolute Gasteiger partial charge is 0.258 e. The van der Waals surface area contributed by atoms with Crippen LogP contribution in [0.4, 0.5) is 10.1 Å². The van der Waals surface area contributed by atoms with Crippen LogP contribution in [0.15, 0.2) is 24.4 Å². The molecule has 2 aliphatic heterocycles. The summed E-state index contributed by atoms with van der Waals surface area (Å²) in [4.78, 5) is 37.1. The van der Waals surface area contributed by atoms with E-state index >= 15 is 0 Å². The average molecular weight is 478 g/mol. The zero-order valence-corrected chi connectivity index (χ0v) is 20.6. The van der Waals surface area contributed by atoms with Gasteiger partial charge in [-0.05, 0) is 64.7 Å². The topological polar surface area (TPSA) is 80.5 Å². The number of amides is 2. The van der Waals surface area contributed by atoms with Gasteiger partial charge in [-0.2, -0.15) is 5.26 Å². The van der Waals surface area contributed by atoms with Gasteiger partial charge >= 0.3 is 0 Å². The highest BCUT2D eigenvalue weighted by Gasteiger charge is 2.41. The molecular weight excluding hydrogens is 445 g/mol. The van der Waals surface area contributed by atoms with Crippen molar-refractivity contribution >= 4 is 28.4 Å². The monoisotopic (exact) mass is 477 g/mol. The van der Waals surface area contributed by atoms with E-state index < -0.39 is 5.41 Å². The lowest BCUT2D eigenvalue weighted by molar-refractivity contribution is -0.136. The largest absolute Gasteiger partial charge is 0.370 e. The first-order chi connectivity index (χ1) is 16.7. The maximum atomic E-state index is 14.3. The van der Waals surface area contributed by atoms with Crippen LogP contribution in [-0.4, -0.2) is 64.9 Å². The molecule has 3 aliphatic rings. The molecule has 1 aromatic heterocycles. The third kappa shape index (κ3) is 4.33. The predicted octanol–water partition coefficient (Wildman–Crippen LogP) is 3.98. The van der Waals surface area contributed by atoms with Crippen molar-refractivity contribution in [1.29, 1.82) is 5.26 Å². The van der Waals surface area contributed by atoms with Crippen molar-refractivity contribution in [1.82, 2.24) is 14.8 Å². The molecular formula is C27H32FN5O2. The summed E-state index contributed by atoms with van der Waals surface area (Å²) in [6.07, 6.45) is 4.88. The predicted molar refractivity (Wildman–Crippen MR) is 131 cm³/mol. The van der Waals surface area contributed by atoms with E-state index in [0.717, 1.165) is 12.8 Å². The minimum Gasteiger partial charge on any atom is -0.370 e. The lowest BCUT2D eigenvalue weighted by atomic mass is 9.81. The van der Waals surface area contributed by atoms with Gasteiger partial charge in [-0.25, -0.2) is 4.39 Å². The lowest BCUT2D eigenvalue weighted by Crippen LogP contribution is -2.60. The van der Waals surface area contributed by atoms with Crippen LogP contribution in [0.1, 0.15) is 56.8 Å². The van der Waals surface area contributed by atoms with Crippen molar-refractivity contribution in [2.24, 2.45) is 11.3 Å². The fourth-order valence-corrected chi connectivity index (χ4v) is 5.61. The zero-order chi connectivity index (χ0) is 24.9. The first-order valence-electron chi connectivity index (χ1n) is 12.6. The molecule has 2 unspecified atom stereocenters. The van der Waals surface area contributed by atoms with Crippen LogP contribution in [-0.2, 0) is 4.79 Å². The Labute approximate surface area is 205 Å². The summed E-state index contributed by atoms with van der Waals surface area (Å²) in [5.74, 6) is -0.169. The summed E-state index contributed by atoms with van der Waals surface area (Å²) in [6, 6.07) is 6.60. The molecule has 0 bridgehead atoms. The van der Waals surface area contributed by atoms with Crippen molar-refractivity contribution in [3.8, 4) is 6.07 Å². The Morgan fingerprint density at radius 1 is 1.14 bits per heavy atom. The third-order valence-corrected chi connectivity index (χ3v) is 7.88. The molecule has 3 fully saturated rings. The van der Waals surface area contributed by atoms with Gasteiger partial charge in [0.1, 0.15) is 5.82 Å². The van der Waals surface area contributed by atoms with Gasteiger partial charge in [0.25, 0.3) is 5.91 Å². The van der Waals surface area contributed by atoms with Crippen molar-refractivity contribution < 1.29 is 14.0 Å². The number of carbonyl (C=O) groups excluding carboxylic acids is 2. The van der Waals surface area contributed by atoms with Crippen LogP contribution in [0, 0.1) is 28.5 Å². The Kier molecular flexibility index (Phi) is 5.90. The number of hydrogen-bond acceptors (Lipinski definition) is 5. The van der Waals surface area contributed by atoms with Gasteiger partial charge in [0.15, 0.2) is 0 Å². The van der Waals surface area contributed by atoms with Gasteiger partial charge in [-0.1, -0.05) is 0 Å². The molecule has 1 saturated carbocycles. The molecule has 2 aromatic rings. The highest BCUT2D eigenvalue weighted by atomic mass is 19.1. The van der Waals surface area contributed by atoms with Crippen LogP contribution in [0.5, 0.6) is 0 Å². The van der Waals surface area contributed by atoms with E-state index in [0.29, 0.717) is 61.2 Å². The fraction of sp³-hybridized carbons (Fsp3) is 0.556. The molecule has 2 atom stereocenters. The normalized spacial score (nSPS) is 24.4. The summed E-state index contributed by atoms with van der Waals surface area (Å²) in [6.45, 7) is 8.17. The van der Waals surface area contributed by atoms with Crippen molar-refractivity contribution in [2.45, 2.75) is 58.5 Å². The van der Waals surface area contributed by atoms with Crippen molar-refractivity contribution in [3.63, 3.8) is 0 Å². The molecule has 3 heterocycles. The minimum absolute atomic E-state index is 0.145. The van der Waals surface area contributed by atoms with E-state index in [9.17, 15) is 19.2 Å². The average Bonchev–Trinajstić information content (AvgIpc) is 3.68. The molecule has 2 amide bonds. The Morgan fingerprint density at radius 2 is 1.80 bits per heavy atom. The van der Waals surface area contributed by atoms with Gasteiger partial charge in [-0.3, -0.25) is 14.6 Å². The first-order valence-corrected chi connectivity index (χ1v) is 12.6. The van der Waals surface area contributed by atoms with Crippen LogP contribution >= 0.6 is 0 Å². The van der Waals surface area contributed by atoms with E-state index in [1.807, 2.05) is 30.6 Å². The molecule has 184 valence electrons. The van der Waals surface area contributed by atoms with Crippen LogP contribution in [0.3, 0.4) is 0 Å². The summed E-state index contributed by atoms with van der Waals surface area (Å²) in [7, 11) is 0. The molecule has 35 heavy (non-hydrogen) atoms. The molecule has 8 heteroatoms. The number of benzene rings is 1. The first kappa shape index (κ1) is 23.5. The minimum atomic E-state index is -0.401. The Balaban J connectivity index is 1.50. The van der Waals surface area contributed by atoms with E-state index in [1.165, 1.54) is 12.1 Å². The number of nitrogens with zero attached hydrogens (tertiary/aromatic N) is 5. The van der Waals surface area contributed by atoms with E-state index in [-0.39, 0.29) is 35.6 Å². The molecule has 0 spiro atoms. The Bertz CT molecular complexity index is 1200. The number of anilines is 1. The fourth-order valence-electron chi connectivity index (χ4n) is 5.61. The highest BCUT2D eigenvalue weighted by molar-refractivity contribution is 6.07. The second-order valence-electron chi connectivity index (χ2n) is 10.8. The summed E-state index contributed by atoms with van der Waals surface area (Å²) < 4.78 is 14.3. The Morgan fingerprint density at radius 3 is 2.40 bits per heavy atom. The van der Waals surface area contributed by atoms with Gasteiger partial charge in [0, 0.05) is 55.8 Å². The van der Waals surface area contributed by atoms with Gasteiger partial charge < -0.3 is 14.7 Å².